The first kappa shape index (κ1) is 18.0. The molecule has 0 aromatic carbocycles. The molecule has 0 unspecified atom stereocenters. The maximum absolute atomic E-state index is 9.25. The molecule has 0 spiro atoms. The van der Waals surface area contributed by atoms with Gasteiger partial charge in [0.1, 0.15) is 5.54 Å². The van der Waals surface area contributed by atoms with Crippen LogP contribution in [0.2, 0.25) is 0 Å². The van der Waals surface area contributed by atoms with Crippen LogP contribution in [0.5, 0.6) is 0 Å². The van der Waals surface area contributed by atoms with Crippen LogP contribution in [0.25, 0.3) is 15.7 Å². The quantitative estimate of drug-likeness (QED) is 0.622. The lowest BCUT2D eigenvalue weighted by Crippen LogP contribution is -2.48. The number of nitriles is 1. The largest absolute Gasteiger partial charge is 0.497 e. The maximum Gasteiger partial charge on any atom is 0.497 e. The fraction of sp³-hybridized carbons (Fsp3) is 0.550. The van der Waals surface area contributed by atoms with Crippen molar-refractivity contribution in [2.24, 2.45) is 5.92 Å². The molecule has 3 heterocycles. The summed E-state index contributed by atoms with van der Waals surface area (Å²) in [6.45, 7) is 15.9. The second kappa shape index (κ2) is 5.82. The van der Waals surface area contributed by atoms with Gasteiger partial charge in [-0.05, 0) is 46.6 Å². The Kier molecular flexibility index (Phi) is 3.89. The Labute approximate surface area is 160 Å². The first-order valence-corrected chi connectivity index (χ1v) is 9.27. The lowest BCUT2D eigenvalue weighted by molar-refractivity contribution is 0.00578. The van der Waals surface area contributed by atoms with E-state index in [9.17, 15) is 5.26 Å². The highest BCUT2D eigenvalue weighted by molar-refractivity contribution is 6.65. The van der Waals surface area contributed by atoms with Gasteiger partial charge in [-0.3, -0.25) is 4.98 Å². The Morgan fingerprint density at radius 2 is 2.00 bits per heavy atom. The summed E-state index contributed by atoms with van der Waals surface area (Å²) < 4.78 is 14.7. The zero-order valence-electron chi connectivity index (χ0n) is 16.2. The smallest absolute Gasteiger partial charge is 0.399 e. The summed E-state index contributed by atoms with van der Waals surface area (Å²) in [6.07, 6.45) is 7.03. The van der Waals surface area contributed by atoms with Crippen LogP contribution in [-0.2, 0) is 14.8 Å². The highest BCUT2D eigenvalue weighted by Crippen LogP contribution is 2.46. The molecule has 0 amide bonds. The van der Waals surface area contributed by atoms with Gasteiger partial charge in [0, 0.05) is 29.4 Å². The summed E-state index contributed by atoms with van der Waals surface area (Å²) in [5.74, 6) is 0.00587. The topological polar surface area (TPSA) is 64.4 Å². The average Bonchev–Trinajstić information content (AvgIpc) is 3.06. The van der Waals surface area contributed by atoms with Crippen LogP contribution in [0, 0.1) is 23.8 Å². The molecule has 2 fully saturated rings. The number of pyridine rings is 1. The van der Waals surface area contributed by atoms with Gasteiger partial charge in [-0.15, -0.1) is 0 Å². The van der Waals surface area contributed by atoms with Crippen molar-refractivity contribution in [3.8, 4) is 6.07 Å². The molecule has 1 saturated heterocycles. The standard InChI is InChI=1S/C20H23BN4O2/c1-18(2)19(3,4)27-21(26-18)16-12-25(17-6-7-24-11-15(16)17)20(13-23-5)8-14(9-20)10-22/h6-7,11-12,14H,8-9,13H2,1-4H3. The number of aromatic nitrogens is 2. The van der Waals surface area contributed by atoms with E-state index in [1.807, 2.05) is 46.2 Å². The molecule has 6 nitrogen and oxygen atoms in total. The summed E-state index contributed by atoms with van der Waals surface area (Å²) >= 11 is 0. The summed E-state index contributed by atoms with van der Waals surface area (Å²) in [6, 6.07) is 4.31. The Bertz CT molecular complexity index is 960. The van der Waals surface area contributed by atoms with Crippen LogP contribution in [0.1, 0.15) is 40.5 Å². The van der Waals surface area contributed by atoms with Crippen LogP contribution in [-0.4, -0.2) is 34.4 Å². The van der Waals surface area contributed by atoms with E-state index in [1.54, 1.807) is 6.20 Å². The zero-order valence-corrected chi connectivity index (χ0v) is 16.2. The van der Waals surface area contributed by atoms with Gasteiger partial charge in [-0.25, -0.2) is 6.57 Å². The van der Waals surface area contributed by atoms with Gasteiger partial charge in [0.15, 0.2) is 0 Å². The molecule has 2 aliphatic rings. The molecular formula is C20H23BN4O2. The Balaban J connectivity index is 1.82. The van der Waals surface area contributed by atoms with E-state index < -0.39 is 18.3 Å². The molecule has 138 valence electrons. The summed E-state index contributed by atoms with van der Waals surface area (Å²) in [5.41, 5.74) is 0.746. The van der Waals surface area contributed by atoms with E-state index in [0.717, 1.165) is 16.4 Å². The number of fused-ring (bicyclic) bond motifs is 1. The highest BCUT2D eigenvalue weighted by Gasteiger charge is 2.54. The van der Waals surface area contributed by atoms with E-state index in [0.29, 0.717) is 19.4 Å². The molecule has 1 aliphatic heterocycles. The van der Waals surface area contributed by atoms with Gasteiger partial charge in [-0.2, -0.15) is 5.26 Å². The minimum absolute atomic E-state index is 0.00587. The third-order valence-electron chi connectivity index (χ3n) is 6.46. The fourth-order valence-corrected chi connectivity index (χ4v) is 4.15. The van der Waals surface area contributed by atoms with Crippen molar-refractivity contribution in [2.75, 3.05) is 6.54 Å². The van der Waals surface area contributed by atoms with Crippen LogP contribution in [0.3, 0.4) is 0 Å². The summed E-state index contributed by atoms with van der Waals surface area (Å²) in [4.78, 5) is 7.97. The van der Waals surface area contributed by atoms with Crippen molar-refractivity contribution in [1.82, 2.24) is 9.55 Å². The Morgan fingerprint density at radius 3 is 2.59 bits per heavy atom. The molecule has 7 heteroatoms. The van der Waals surface area contributed by atoms with Crippen molar-refractivity contribution in [3.05, 3.63) is 36.1 Å². The lowest BCUT2D eigenvalue weighted by Gasteiger charge is -2.42. The van der Waals surface area contributed by atoms with Gasteiger partial charge >= 0.3 is 7.12 Å². The Morgan fingerprint density at radius 1 is 1.33 bits per heavy atom. The summed E-state index contributed by atoms with van der Waals surface area (Å²) in [7, 11) is -0.486. The van der Waals surface area contributed by atoms with Gasteiger partial charge in [0.2, 0.25) is 6.54 Å². The molecule has 27 heavy (non-hydrogen) atoms. The lowest BCUT2D eigenvalue weighted by atomic mass is 9.68. The minimum atomic E-state index is -0.486. The predicted octanol–water partition coefficient (Wildman–Crippen LogP) is 2.88. The number of rotatable bonds is 3. The van der Waals surface area contributed by atoms with Gasteiger partial charge in [0.25, 0.3) is 0 Å². The number of hydrogen-bond acceptors (Lipinski definition) is 4. The minimum Gasteiger partial charge on any atom is -0.399 e. The molecule has 0 atom stereocenters. The third kappa shape index (κ3) is 2.57. The molecule has 0 N–H and O–H groups in total. The molecule has 0 radical (unpaired) electrons. The highest BCUT2D eigenvalue weighted by atomic mass is 16.7. The van der Waals surface area contributed by atoms with E-state index in [4.69, 9.17) is 15.9 Å². The maximum atomic E-state index is 9.25. The normalized spacial score (nSPS) is 28.5. The number of nitrogens with zero attached hydrogens (tertiary/aromatic N) is 4. The van der Waals surface area contributed by atoms with Crippen LogP contribution in [0.4, 0.5) is 0 Å². The van der Waals surface area contributed by atoms with Crippen LogP contribution >= 0.6 is 0 Å². The molecule has 2 aromatic heterocycles. The molecule has 0 bridgehead atoms. The van der Waals surface area contributed by atoms with Gasteiger partial charge in [-0.1, -0.05) is 0 Å². The van der Waals surface area contributed by atoms with Gasteiger partial charge in [0.05, 0.1) is 28.7 Å². The predicted molar refractivity (Wildman–Crippen MR) is 103 cm³/mol. The second-order valence-corrected chi connectivity index (χ2v) is 8.71. The monoisotopic (exact) mass is 362 g/mol. The molecular weight excluding hydrogens is 339 g/mol. The van der Waals surface area contributed by atoms with Crippen LogP contribution < -0.4 is 5.46 Å². The van der Waals surface area contributed by atoms with Gasteiger partial charge < -0.3 is 18.7 Å². The van der Waals surface area contributed by atoms with Crippen molar-refractivity contribution >= 4 is 23.5 Å². The first-order chi connectivity index (χ1) is 12.7. The first-order valence-electron chi connectivity index (χ1n) is 9.27. The zero-order chi connectivity index (χ0) is 19.4. The molecule has 4 rings (SSSR count). The SMILES string of the molecule is [C-]#[N+]CC1(n2cc(B3OC(C)(C)C(C)(C)O3)c3cnccc32)CC(C#N)C1. The third-order valence-corrected chi connectivity index (χ3v) is 6.46. The average molecular weight is 362 g/mol. The summed E-state index contributed by atoms with van der Waals surface area (Å²) in [5, 5.41) is 10.2. The van der Waals surface area contributed by atoms with E-state index in [-0.39, 0.29) is 11.5 Å². The molecule has 1 aliphatic carbocycles. The van der Waals surface area contributed by atoms with Crippen molar-refractivity contribution in [3.63, 3.8) is 0 Å². The van der Waals surface area contributed by atoms with Crippen molar-refractivity contribution in [1.29, 1.82) is 5.26 Å². The Hall–Kier alpha value is -2.35. The fourth-order valence-electron chi connectivity index (χ4n) is 4.15. The number of hydrogen-bond donors (Lipinski definition) is 0. The van der Waals surface area contributed by atoms with Crippen LogP contribution in [0.15, 0.2) is 24.7 Å². The van der Waals surface area contributed by atoms with E-state index in [1.165, 1.54) is 0 Å². The van der Waals surface area contributed by atoms with E-state index in [2.05, 4.69) is 20.5 Å². The van der Waals surface area contributed by atoms with Crippen molar-refractivity contribution in [2.45, 2.75) is 57.3 Å². The molecule has 2 aromatic rings. The molecule has 1 saturated carbocycles. The second-order valence-electron chi connectivity index (χ2n) is 8.71. The van der Waals surface area contributed by atoms with Crippen molar-refractivity contribution < 1.29 is 9.31 Å². The van der Waals surface area contributed by atoms with E-state index >= 15 is 0 Å².